The number of rotatable bonds is 4. The third-order valence-electron chi connectivity index (χ3n) is 4.61. The number of carbonyl (C=O) groups excluding carboxylic acids is 1. The highest BCUT2D eigenvalue weighted by atomic mass is 35.5. The summed E-state index contributed by atoms with van der Waals surface area (Å²) in [6.45, 7) is 4.58. The largest absolute Gasteiger partial charge is 0.378 e. The number of carbonyl (C=O) groups is 1. The fraction of sp³-hybridized carbons (Fsp3) is 0.625. The van der Waals surface area contributed by atoms with Gasteiger partial charge in [0.2, 0.25) is 0 Å². The predicted octanol–water partition coefficient (Wildman–Crippen LogP) is 2.81. The van der Waals surface area contributed by atoms with Crippen LogP contribution in [0.3, 0.4) is 0 Å². The number of hydrogen-bond donors (Lipinski definition) is 1. The van der Waals surface area contributed by atoms with Gasteiger partial charge in [-0.05, 0) is 31.7 Å². The number of aromatic nitrogens is 1. The number of anilines is 1. The lowest BCUT2D eigenvalue weighted by Gasteiger charge is -2.32. The van der Waals surface area contributed by atoms with Gasteiger partial charge in [0, 0.05) is 25.3 Å². The molecule has 2 fully saturated rings. The molecule has 0 spiro atoms. The fourth-order valence-electron chi connectivity index (χ4n) is 2.88. The lowest BCUT2D eigenvalue weighted by molar-refractivity contribution is 0.0302. The third kappa shape index (κ3) is 3.36. The zero-order valence-electron chi connectivity index (χ0n) is 12.8. The average molecular weight is 324 g/mol. The summed E-state index contributed by atoms with van der Waals surface area (Å²) < 4.78 is 5.27. The molecular weight excluding hydrogens is 302 g/mol. The molecule has 1 atom stereocenters. The molecule has 22 heavy (non-hydrogen) atoms. The summed E-state index contributed by atoms with van der Waals surface area (Å²) in [6.07, 6.45) is 5.45. The molecular formula is C16H22ClN3O2. The van der Waals surface area contributed by atoms with Crippen LogP contribution in [0.5, 0.6) is 0 Å². The Morgan fingerprint density at radius 1 is 1.45 bits per heavy atom. The van der Waals surface area contributed by atoms with Gasteiger partial charge in [-0.25, -0.2) is 4.98 Å². The minimum atomic E-state index is -0.0312. The number of hydrogen-bond acceptors (Lipinski definition) is 4. The Kier molecular flexibility index (Phi) is 4.84. The van der Waals surface area contributed by atoms with E-state index in [4.69, 9.17) is 16.3 Å². The van der Waals surface area contributed by atoms with Crippen LogP contribution in [-0.2, 0) is 4.74 Å². The summed E-state index contributed by atoms with van der Waals surface area (Å²) in [4.78, 5) is 18.5. The van der Waals surface area contributed by atoms with E-state index in [1.165, 1.54) is 19.3 Å². The summed E-state index contributed by atoms with van der Waals surface area (Å²) in [6, 6.07) is 2.07. The average Bonchev–Trinajstić information content (AvgIpc) is 2.47. The standard InChI is InChI=1S/C16H22ClN3O2/c1-11(12-3-2-4-12)19-15-14(17)9-13(10-18-15)16(21)20-5-7-22-8-6-20/h9-12H,2-8H2,1H3,(H,18,19). The third-order valence-corrected chi connectivity index (χ3v) is 4.90. The van der Waals surface area contributed by atoms with Crippen LogP contribution >= 0.6 is 11.6 Å². The lowest BCUT2D eigenvalue weighted by atomic mass is 9.80. The zero-order valence-corrected chi connectivity index (χ0v) is 13.6. The maximum absolute atomic E-state index is 12.4. The van der Waals surface area contributed by atoms with Crippen molar-refractivity contribution in [3.05, 3.63) is 22.8 Å². The molecule has 1 saturated heterocycles. The molecule has 3 rings (SSSR count). The van der Waals surface area contributed by atoms with Crippen molar-refractivity contribution < 1.29 is 9.53 Å². The summed E-state index contributed by atoms with van der Waals surface area (Å²) in [5, 5.41) is 3.87. The molecule has 5 nitrogen and oxygen atoms in total. The second-order valence-electron chi connectivity index (χ2n) is 6.08. The molecule has 1 aliphatic carbocycles. The predicted molar refractivity (Wildman–Crippen MR) is 86.4 cm³/mol. The van der Waals surface area contributed by atoms with Crippen LogP contribution in [0.4, 0.5) is 5.82 Å². The van der Waals surface area contributed by atoms with Gasteiger partial charge in [0.1, 0.15) is 5.82 Å². The highest BCUT2D eigenvalue weighted by molar-refractivity contribution is 6.33. The smallest absolute Gasteiger partial charge is 0.255 e. The molecule has 120 valence electrons. The molecule has 1 N–H and O–H groups in total. The molecule has 1 amide bonds. The monoisotopic (exact) mass is 323 g/mol. The van der Waals surface area contributed by atoms with Gasteiger partial charge in [0.15, 0.2) is 0 Å². The van der Waals surface area contributed by atoms with Gasteiger partial charge in [0.25, 0.3) is 5.91 Å². The number of ether oxygens (including phenoxy) is 1. The first-order chi connectivity index (χ1) is 10.6. The first-order valence-corrected chi connectivity index (χ1v) is 8.32. The normalized spacial score (nSPS) is 20.4. The maximum atomic E-state index is 12.4. The lowest BCUT2D eigenvalue weighted by Crippen LogP contribution is -2.40. The Balaban J connectivity index is 1.66. The molecule has 1 aromatic rings. The van der Waals surface area contributed by atoms with Gasteiger partial charge in [-0.1, -0.05) is 18.0 Å². The number of amides is 1. The van der Waals surface area contributed by atoms with E-state index in [-0.39, 0.29) is 5.91 Å². The van der Waals surface area contributed by atoms with Crippen molar-refractivity contribution in [3.63, 3.8) is 0 Å². The molecule has 0 radical (unpaired) electrons. The number of morpholine rings is 1. The Labute approximate surface area is 136 Å². The summed E-state index contributed by atoms with van der Waals surface area (Å²) in [5.41, 5.74) is 0.536. The minimum Gasteiger partial charge on any atom is -0.378 e. The maximum Gasteiger partial charge on any atom is 0.255 e. The number of pyridine rings is 1. The molecule has 6 heteroatoms. The summed E-state index contributed by atoms with van der Waals surface area (Å²) in [7, 11) is 0. The van der Waals surface area contributed by atoms with Gasteiger partial charge >= 0.3 is 0 Å². The Bertz CT molecular complexity index is 542. The highest BCUT2D eigenvalue weighted by Crippen LogP contribution is 2.32. The molecule has 2 heterocycles. The van der Waals surface area contributed by atoms with E-state index >= 15 is 0 Å². The van der Waals surface area contributed by atoms with Gasteiger partial charge in [-0.3, -0.25) is 4.79 Å². The van der Waals surface area contributed by atoms with Crippen molar-refractivity contribution in [1.29, 1.82) is 0 Å². The van der Waals surface area contributed by atoms with E-state index in [9.17, 15) is 4.79 Å². The molecule has 1 unspecified atom stereocenters. The molecule has 2 aliphatic rings. The van der Waals surface area contributed by atoms with Crippen LogP contribution in [0, 0.1) is 5.92 Å². The van der Waals surface area contributed by atoms with E-state index in [0.29, 0.717) is 54.7 Å². The van der Waals surface area contributed by atoms with Crippen LogP contribution in [0.15, 0.2) is 12.3 Å². The van der Waals surface area contributed by atoms with E-state index in [0.717, 1.165) is 0 Å². The fourth-order valence-corrected chi connectivity index (χ4v) is 3.10. The van der Waals surface area contributed by atoms with Gasteiger partial charge in [-0.15, -0.1) is 0 Å². The molecule has 1 aromatic heterocycles. The molecule has 0 aromatic carbocycles. The van der Waals surface area contributed by atoms with Crippen LogP contribution in [0.2, 0.25) is 5.02 Å². The van der Waals surface area contributed by atoms with Crippen molar-refractivity contribution >= 4 is 23.3 Å². The Hall–Kier alpha value is -1.33. The van der Waals surface area contributed by atoms with Gasteiger partial charge < -0.3 is 15.0 Å². The van der Waals surface area contributed by atoms with E-state index < -0.39 is 0 Å². The zero-order chi connectivity index (χ0) is 15.5. The second kappa shape index (κ2) is 6.84. The van der Waals surface area contributed by atoms with Crippen LogP contribution in [0.1, 0.15) is 36.5 Å². The quantitative estimate of drug-likeness (QED) is 0.925. The molecule has 1 saturated carbocycles. The number of halogens is 1. The Morgan fingerprint density at radius 3 is 2.77 bits per heavy atom. The van der Waals surface area contributed by atoms with Gasteiger partial charge in [0.05, 0.1) is 23.8 Å². The van der Waals surface area contributed by atoms with Crippen LogP contribution in [-0.4, -0.2) is 48.1 Å². The minimum absolute atomic E-state index is 0.0312. The van der Waals surface area contributed by atoms with Crippen molar-refractivity contribution in [2.45, 2.75) is 32.2 Å². The molecule has 1 aliphatic heterocycles. The summed E-state index contributed by atoms with van der Waals surface area (Å²) in [5.74, 6) is 1.34. The van der Waals surface area contributed by atoms with E-state index in [1.807, 2.05) is 0 Å². The highest BCUT2D eigenvalue weighted by Gasteiger charge is 2.25. The molecule has 0 bridgehead atoms. The van der Waals surface area contributed by atoms with Crippen molar-refractivity contribution in [2.75, 3.05) is 31.6 Å². The first-order valence-electron chi connectivity index (χ1n) is 7.94. The SMILES string of the molecule is CC(Nc1ncc(C(=O)N2CCOCC2)cc1Cl)C1CCC1. The van der Waals surface area contributed by atoms with E-state index in [1.54, 1.807) is 17.2 Å². The number of nitrogens with one attached hydrogen (secondary N) is 1. The van der Waals surface area contributed by atoms with E-state index in [2.05, 4.69) is 17.2 Å². The second-order valence-corrected chi connectivity index (χ2v) is 6.49. The summed E-state index contributed by atoms with van der Waals surface area (Å²) >= 11 is 6.30. The number of nitrogens with zero attached hydrogens (tertiary/aromatic N) is 2. The van der Waals surface area contributed by atoms with Crippen LogP contribution in [0.25, 0.3) is 0 Å². The van der Waals surface area contributed by atoms with Crippen molar-refractivity contribution in [2.24, 2.45) is 5.92 Å². The van der Waals surface area contributed by atoms with Gasteiger partial charge in [-0.2, -0.15) is 0 Å². The first kappa shape index (κ1) is 15.6. The van der Waals surface area contributed by atoms with Crippen molar-refractivity contribution in [1.82, 2.24) is 9.88 Å². The van der Waals surface area contributed by atoms with Crippen LogP contribution < -0.4 is 5.32 Å². The topological polar surface area (TPSA) is 54.5 Å². The van der Waals surface area contributed by atoms with Crippen molar-refractivity contribution in [3.8, 4) is 0 Å². The Morgan fingerprint density at radius 2 is 2.18 bits per heavy atom.